The Morgan fingerprint density at radius 1 is 1.06 bits per heavy atom. The highest BCUT2D eigenvalue weighted by molar-refractivity contribution is 7.80. The Hall–Kier alpha value is -3.20. The molecule has 0 spiro atoms. The molecule has 0 amide bonds. The van der Waals surface area contributed by atoms with Crippen molar-refractivity contribution in [2.24, 2.45) is 5.92 Å². The Bertz CT molecular complexity index is 1110. The number of likely N-dealkylation sites (tertiary alicyclic amines) is 1. The van der Waals surface area contributed by atoms with Gasteiger partial charge < -0.3 is 24.3 Å². The Morgan fingerprint density at radius 3 is 2.58 bits per heavy atom. The van der Waals surface area contributed by atoms with Crippen molar-refractivity contribution in [2.75, 3.05) is 32.6 Å². The SMILES string of the molecule is COC(=O)c1ccc(C(=O)OC)c(NC(=S)N2CC3CC(C2)c2cccc(=O)n2C3)c1. The van der Waals surface area contributed by atoms with Crippen molar-refractivity contribution < 1.29 is 19.1 Å². The molecule has 1 saturated heterocycles. The number of anilines is 1. The van der Waals surface area contributed by atoms with E-state index in [1.807, 2.05) is 10.6 Å². The van der Waals surface area contributed by atoms with Crippen LogP contribution in [0.1, 0.15) is 38.7 Å². The highest BCUT2D eigenvalue weighted by Gasteiger charge is 2.35. The van der Waals surface area contributed by atoms with E-state index in [1.54, 1.807) is 12.1 Å². The largest absolute Gasteiger partial charge is 0.465 e. The van der Waals surface area contributed by atoms with Gasteiger partial charge in [-0.1, -0.05) is 6.07 Å². The number of nitrogens with one attached hydrogen (secondary N) is 1. The molecule has 2 aliphatic heterocycles. The highest BCUT2D eigenvalue weighted by Crippen LogP contribution is 2.35. The van der Waals surface area contributed by atoms with Crippen LogP contribution in [0.3, 0.4) is 0 Å². The van der Waals surface area contributed by atoms with Gasteiger partial charge in [-0.25, -0.2) is 9.59 Å². The summed E-state index contributed by atoms with van der Waals surface area (Å²) >= 11 is 5.66. The number of thiocarbonyl (C=S) groups is 1. The van der Waals surface area contributed by atoms with Crippen LogP contribution in [0.25, 0.3) is 0 Å². The first-order valence-corrected chi connectivity index (χ1v) is 10.4. The summed E-state index contributed by atoms with van der Waals surface area (Å²) in [5.41, 5.74) is 2.01. The minimum Gasteiger partial charge on any atom is -0.465 e. The van der Waals surface area contributed by atoms with E-state index in [0.717, 1.165) is 12.1 Å². The van der Waals surface area contributed by atoms with Crippen LogP contribution < -0.4 is 10.9 Å². The first-order chi connectivity index (χ1) is 14.9. The van der Waals surface area contributed by atoms with E-state index < -0.39 is 11.9 Å². The van der Waals surface area contributed by atoms with Crippen LogP contribution in [0.5, 0.6) is 0 Å². The number of aromatic nitrogens is 1. The van der Waals surface area contributed by atoms with E-state index >= 15 is 0 Å². The van der Waals surface area contributed by atoms with Crippen LogP contribution in [-0.4, -0.2) is 53.8 Å². The lowest BCUT2D eigenvalue weighted by Crippen LogP contribution is -2.50. The van der Waals surface area contributed by atoms with Gasteiger partial charge in [0.05, 0.1) is 31.0 Å². The van der Waals surface area contributed by atoms with Crippen LogP contribution in [-0.2, 0) is 16.0 Å². The Balaban J connectivity index is 1.58. The predicted molar refractivity (Wildman–Crippen MR) is 118 cm³/mol. The fourth-order valence-corrected chi connectivity index (χ4v) is 4.70. The highest BCUT2D eigenvalue weighted by atomic mass is 32.1. The van der Waals surface area contributed by atoms with Crippen LogP contribution in [0.4, 0.5) is 5.69 Å². The number of carbonyl (C=O) groups excluding carboxylic acids is 2. The van der Waals surface area contributed by atoms with Gasteiger partial charge >= 0.3 is 11.9 Å². The van der Waals surface area contributed by atoms with Gasteiger partial charge in [-0.3, -0.25) is 4.79 Å². The molecule has 1 aromatic carbocycles. The number of piperidine rings is 1. The molecule has 1 aromatic heterocycles. The summed E-state index contributed by atoms with van der Waals surface area (Å²) in [5, 5.41) is 3.57. The third-order valence-corrected chi connectivity index (χ3v) is 6.21. The molecule has 0 aliphatic carbocycles. The molecule has 1 fully saturated rings. The molecule has 1 N–H and O–H groups in total. The van der Waals surface area contributed by atoms with Gasteiger partial charge in [0.15, 0.2) is 5.11 Å². The number of pyridine rings is 1. The molecule has 9 heteroatoms. The fraction of sp³-hybridized carbons (Fsp3) is 0.364. The smallest absolute Gasteiger partial charge is 0.339 e. The number of methoxy groups -OCH3 is 2. The van der Waals surface area contributed by atoms with Crippen molar-refractivity contribution in [3.05, 3.63) is 63.6 Å². The maximum atomic E-state index is 12.2. The lowest BCUT2D eigenvalue weighted by atomic mass is 9.83. The zero-order valence-electron chi connectivity index (χ0n) is 17.3. The summed E-state index contributed by atoms with van der Waals surface area (Å²) in [6.45, 7) is 2.03. The zero-order chi connectivity index (χ0) is 22.1. The summed E-state index contributed by atoms with van der Waals surface area (Å²) in [6, 6.07) is 9.94. The second-order valence-electron chi connectivity index (χ2n) is 7.78. The molecule has 3 heterocycles. The molecule has 2 unspecified atom stereocenters. The van der Waals surface area contributed by atoms with Gasteiger partial charge in [-0.05, 0) is 48.8 Å². The molecule has 8 nitrogen and oxygen atoms in total. The molecule has 2 atom stereocenters. The van der Waals surface area contributed by atoms with E-state index in [9.17, 15) is 14.4 Å². The van der Waals surface area contributed by atoms with Crippen LogP contribution in [0.2, 0.25) is 0 Å². The van der Waals surface area contributed by atoms with Crippen molar-refractivity contribution in [1.29, 1.82) is 0 Å². The van der Waals surface area contributed by atoms with Gasteiger partial charge in [-0.15, -0.1) is 0 Å². The van der Waals surface area contributed by atoms with Crippen LogP contribution in [0.15, 0.2) is 41.2 Å². The second kappa shape index (κ2) is 8.50. The number of hydrogen-bond acceptors (Lipinski definition) is 6. The quantitative estimate of drug-likeness (QED) is 0.573. The van der Waals surface area contributed by atoms with Crippen molar-refractivity contribution in [1.82, 2.24) is 9.47 Å². The maximum absolute atomic E-state index is 12.2. The molecule has 2 bridgehead atoms. The third-order valence-electron chi connectivity index (χ3n) is 5.85. The summed E-state index contributed by atoms with van der Waals surface area (Å²) in [7, 11) is 2.59. The lowest BCUT2D eigenvalue weighted by Gasteiger charge is -2.43. The standard InChI is InChI=1S/C22H23N3O5S/c1-29-20(27)14-6-7-16(21(28)30-2)17(9-14)23-22(31)24-10-13-8-15(12-24)18-4-3-5-19(26)25(18)11-13/h3-7,9,13,15H,8,10-12H2,1-2H3,(H,23,31). The van der Waals surface area contributed by atoms with Gasteiger partial charge in [0.2, 0.25) is 0 Å². The molecule has 162 valence electrons. The predicted octanol–water partition coefficient (Wildman–Crippen LogP) is 2.24. The zero-order valence-corrected chi connectivity index (χ0v) is 18.1. The van der Waals surface area contributed by atoms with Crippen molar-refractivity contribution in [3.8, 4) is 0 Å². The Kier molecular flexibility index (Phi) is 5.77. The Morgan fingerprint density at radius 2 is 1.84 bits per heavy atom. The minimum absolute atomic E-state index is 0.0312. The maximum Gasteiger partial charge on any atom is 0.339 e. The average Bonchev–Trinajstić information content (AvgIpc) is 2.78. The monoisotopic (exact) mass is 441 g/mol. The minimum atomic E-state index is -0.537. The number of rotatable bonds is 3. The number of carbonyl (C=O) groups is 2. The fourth-order valence-electron chi connectivity index (χ4n) is 4.44. The van der Waals surface area contributed by atoms with Gasteiger partial charge in [0.1, 0.15) is 0 Å². The van der Waals surface area contributed by atoms with Crippen molar-refractivity contribution in [2.45, 2.75) is 18.9 Å². The lowest BCUT2D eigenvalue weighted by molar-refractivity contribution is 0.0587. The summed E-state index contributed by atoms with van der Waals surface area (Å²) in [5.74, 6) is -0.555. The first kappa shape index (κ1) is 21.0. The number of fused-ring (bicyclic) bond motifs is 4. The van der Waals surface area contributed by atoms with Crippen molar-refractivity contribution >= 4 is 35.0 Å². The van der Waals surface area contributed by atoms with Gasteiger partial charge in [0, 0.05) is 37.3 Å². The Labute approximate surface area is 184 Å². The molecule has 0 saturated carbocycles. The van der Waals surface area contributed by atoms with Crippen molar-refractivity contribution in [3.63, 3.8) is 0 Å². The number of benzene rings is 1. The molecular weight excluding hydrogens is 418 g/mol. The number of ether oxygens (including phenoxy) is 2. The van der Waals surface area contributed by atoms with Crippen LogP contribution >= 0.6 is 12.2 Å². The molecule has 0 radical (unpaired) electrons. The molecule has 2 aliphatic rings. The second-order valence-corrected chi connectivity index (χ2v) is 8.16. The van der Waals surface area contributed by atoms with Gasteiger partial charge in [0.25, 0.3) is 5.56 Å². The first-order valence-electron chi connectivity index (χ1n) is 9.97. The van der Waals surface area contributed by atoms with Crippen LogP contribution in [0, 0.1) is 5.92 Å². The summed E-state index contributed by atoms with van der Waals surface area (Å²) in [6.07, 6.45) is 1.01. The van der Waals surface area contributed by atoms with E-state index in [1.165, 1.54) is 32.4 Å². The summed E-state index contributed by atoms with van der Waals surface area (Å²) < 4.78 is 11.5. The number of esters is 2. The van der Waals surface area contributed by atoms with E-state index in [-0.39, 0.29) is 17.0 Å². The van der Waals surface area contributed by atoms with E-state index in [0.29, 0.717) is 41.9 Å². The van der Waals surface area contributed by atoms with E-state index in [4.69, 9.17) is 21.7 Å². The summed E-state index contributed by atoms with van der Waals surface area (Å²) in [4.78, 5) is 38.4. The normalized spacial score (nSPS) is 19.2. The number of hydrogen-bond donors (Lipinski definition) is 1. The third kappa shape index (κ3) is 4.05. The molecule has 2 aromatic rings. The molecule has 31 heavy (non-hydrogen) atoms. The van der Waals surface area contributed by atoms with Gasteiger partial charge in [-0.2, -0.15) is 0 Å². The molecule has 4 rings (SSSR count). The van der Waals surface area contributed by atoms with E-state index in [2.05, 4.69) is 10.2 Å². The average molecular weight is 442 g/mol. The molecular formula is C22H23N3O5S. The number of nitrogens with zero attached hydrogens (tertiary/aromatic N) is 2. The topological polar surface area (TPSA) is 89.9 Å².